The molecule has 1 aromatic heterocycles. The molecule has 1 heterocycles. The van der Waals surface area contributed by atoms with Gasteiger partial charge in [-0.3, -0.25) is 4.79 Å². The summed E-state index contributed by atoms with van der Waals surface area (Å²) in [6.07, 6.45) is -9.02. The van der Waals surface area contributed by atoms with Gasteiger partial charge in [-0.1, -0.05) is 24.3 Å². The molecule has 1 N–H and O–H groups in total. The van der Waals surface area contributed by atoms with E-state index in [2.05, 4.69) is 5.32 Å². The van der Waals surface area contributed by atoms with Gasteiger partial charge in [-0.25, -0.2) is 0 Å². The molecule has 0 radical (unpaired) electrons. The molecule has 0 aliphatic rings. The smallest absolute Gasteiger partial charge is 0.348 e. The van der Waals surface area contributed by atoms with E-state index in [9.17, 15) is 31.1 Å². The maximum Gasteiger partial charge on any atom is 0.418 e. The summed E-state index contributed by atoms with van der Waals surface area (Å²) in [5.41, 5.74) is -0.318. The molecule has 0 atom stereocenters. The fraction of sp³-hybridized carbons (Fsp3) is 0.227. The average molecular weight is 440 g/mol. The zero-order chi connectivity index (χ0) is 23.0. The third kappa shape index (κ3) is 4.76. The summed E-state index contributed by atoms with van der Waals surface area (Å²) in [7, 11) is 0. The van der Waals surface area contributed by atoms with Gasteiger partial charge in [0.1, 0.15) is 0 Å². The molecular formula is C22H18F6N2O. The first-order valence-corrected chi connectivity index (χ1v) is 9.19. The largest absolute Gasteiger partial charge is 0.418 e. The number of benzene rings is 2. The van der Waals surface area contributed by atoms with Gasteiger partial charge in [0.15, 0.2) is 0 Å². The number of aromatic nitrogens is 1. The molecular weight excluding hydrogens is 422 g/mol. The van der Waals surface area contributed by atoms with Crippen LogP contribution >= 0.6 is 0 Å². The highest BCUT2D eigenvalue weighted by Gasteiger charge is 2.34. The lowest BCUT2D eigenvalue weighted by molar-refractivity contribution is -0.138. The van der Waals surface area contributed by atoms with Crippen molar-refractivity contribution in [1.82, 2.24) is 9.88 Å². The van der Waals surface area contributed by atoms with Gasteiger partial charge in [-0.2, -0.15) is 26.3 Å². The molecule has 31 heavy (non-hydrogen) atoms. The van der Waals surface area contributed by atoms with E-state index in [1.54, 1.807) is 6.92 Å². The molecule has 0 spiro atoms. The second-order valence-electron chi connectivity index (χ2n) is 7.01. The zero-order valence-electron chi connectivity index (χ0n) is 16.5. The SMILES string of the molecule is Cc1cc(C(=O)NCc2ccc(C(F)(F)F)cc2)c(C)n1-c1ccccc1C(F)(F)F. The van der Waals surface area contributed by atoms with Gasteiger partial charge in [0.05, 0.1) is 22.4 Å². The zero-order valence-corrected chi connectivity index (χ0v) is 16.5. The number of carbonyl (C=O) groups is 1. The van der Waals surface area contributed by atoms with Crippen LogP contribution in [0.3, 0.4) is 0 Å². The van der Waals surface area contributed by atoms with Crippen LogP contribution in [0.4, 0.5) is 26.3 Å². The first kappa shape index (κ1) is 22.5. The Morgan fingerprint density at radius 2 is 1.52 bits per heavy atom. The van der Waals surface area contributed by atoms with Crippen molar-refractivity contribution in [3.8, 4) is 5.69 Å². The van der Waals surface area contributed by atoms with Crippen LogP contribution in [-0.4, -0.2) is 10.5 Å². The predicted octanol–water partition coefficient (Wildman–Crippen LogP) is 6.06. The van der Waals surface area contributed by atoms with Crippen molar-refractivity contribution < 1.29 is 31.1 Å². The first-order chi connectivity index (χ1) is 14.4. The van der Waals surface area contributed by atoms with Crippen LogP contribution in [0.1, 0.15) is 38.4 Å². The highest BCUT2D eigenvalue weighted by atomic mass is 19.4. The summed E-state index contributed by atoms with van der Waals surface area (Å²) in [5, 5.41) is 2.60. The molecule has 3 aromatic rings. The van der Waals surface area contributed by atoms with E-state index >= 15 is 0 Å². The maximum absolute atomic E-state index is 13.4. The number of carbonyl (C=O) groups excluding carboxylic acids is 1. The van der Waals surface area contributed by atoms with Gasteiger partial charge in [0.25, 0.3) is 5.91 Å². The van der Waals surface area contributed by atoms with Crippen molar-refractivity contribution >= 4 is 5.91 Å². The van der Waals surface area contributed by atoms with E-state index in [1.807, 2.05) is 0 Å². The maximum atomic E-state index is 13.4. The Hall–Kier alpha value is -3.23. The van der Waals surface area contributed by atoms with Crippen LogP contribution in [0.25, 0.3) is 5.69 Å². The van der Waals surface area contributed by atoms with Gasteiger partial charge in [0, 0.05) is 17.9 Å². The van der Waals surface area contributed by atoms with Gasteiger partial charge < -0.3 is 9.88 Å². The summed E-state index contributed by atoms with van der Waals surface area (Å²) < 4.78 is 79.5. The standard InChI is InChI=1S/C22H18F6N2O/c1-13-11-17(14(2)30(13)19-6-4-3-5-18(19)22(26,27)28)20(31)29-12-15-7-9-16(10-8-15)21(23,24)25/h3-11H,12H2,1-2H3,(H,29,31). The minimum Gasteiger partial charge on any atom is -0.348 e. The van der Waals surface area contributed by atoms with Crippen LogP contribution < -0.4 is 5.32 Å². The highest BCUT2D eigenvalue weighted by Crippen LogP contribution is 2.35. The lowest BCUT2D eigenvalue weighted by Gasteiger charge is -2.16. The van der Waals surface area contributed by atoms with Crippen LogP contribution in [0.5, 0.6) is 0 Å². The monoisotopic (exact) mass is 440 g/mol. The number of halogens is 6. The van der Waals surface area contributed by atoms with E-state index in [4.69, 9.17) is 0 Å². The molecule has 3 rings (SSSR count). The molecule has 0 saturated carbocycles. The molecule has 1 amide bonds. The van der Waals surface area contributed by atoms with Crippen molar-refractivity contribution in [3.63, 3.8) is 0 Å². The van der Waals surface area contributed by atoms with Crippen molar-refractivity contribution in [1.29, 1.82) is 0 Å². The Bertz CT molecular complexity index is 1090. The summed E-state index contributed by atoms with van der Waals surface area (Å²) in [4.78, 5) is 12.6. The minimum absolute atomic E-state index is 0.0280. The van der Waals surface area contributed by atoms with Crippen molar-refractivity contribution in [2.45, 2.75) is 32.7 Å². The molecule has 0 aliphatic heterocycles. The average Bonchev–Trinajstić information content (AvgIpc) is 2.99. The van der Waals surface area contributed by atoms with E-state index in [1.165, 1.54) is 47.9 Å². The second kappa shape index (κ2) is 8.13. The van der Waals surface area contributed by atoms with E-state index in [0.29, 0.717) is 17.0 Å². The Balaban J connectivity index is 1.84. The van der Waals surface area contributed by atoms with Crippen molar-refractivity contribution in [3.05, 3.63) is 88.2 Å². The molecule has 0 fully saturated rings. The van der Waals surface area contributed by atoms with Crippen LogP contribution in [0, 0.1) is 13.8 Å². The summed E-state index contributed by atoms with van der Waals surface area (Å²) in [5.74, 6) is -0.538. The minimum atomic E-state index is -4.56. The Morgan fingerprint density at radius 1 is 0.903 bits per heavy atom. The van der Waals surface area contributed by atoms with E-state index in [0.717, 1.165) is 18.2 Å². The molecule has 0 unspecified atom stereocenters. The number of alkyl halides is 6. The quantitative estimate of drug-likeness (QED) is 0.492. The number of para-hydroxylation sites is 1. The second-order valence-corrected chi connectivity index (χ2v) is 7.01. The summed E-state index contributed by atoms with van der Waals surface area (Å²) in [6.45, 7) is 3.10. The Labute approximate surface area is 174 Å². The van der Waals surface area contributed by atoms with Gasteiger partial charge in [0.2, 0.25) is 0 Å². The molecule has 0 aliphatic carbocycles. The third-order valence-electron chi connectivity index (χ3n) is 4.86. The normalized spacial score (nSPS) is 12.1. The van der Waals surface area contributed by atoms with Gasteiger partial charge in [-0.15, -0.1) is 0 Å². The number of hydrogen-bond acceptors (Lipinski definition) is 1. The summed E-state index contributed by atoms with van der Waals surface area (Å²) >= 11 is 0. The number of aryl methyl sites for hydroxylation is 1. The first-order valence-electron chi connectivity index (χ1n) is 9.19. The molecule has 164 valence electrons. The Morgan fingerprint density at radius 3 is 2.10 bits per heavy atom. The fourth-order valence-corrected chi connectivity index (χ4v) is 3.36. The van der Waals surface area contributed by atoms with Crippen molar-refractivity contribution in [2.75, 3.05) is 0 Å². The molecule has 0 saturated heterocycles. The van der Waals surface area contributed by atoms with E-state index in [-0.39, 0.29) is 17.8 Å². The molecule has 2 aromatic carbocycles. The van der Waals surface area contributed by atoms with Gasteiger partial charge >= 0.3 is 12.4 Å². The van der Waals surface area contributed by atoms with Crippen LogP contribution in [0.2, 0.25) is 0 Å². The number of hydrogen-bond donors (Lipinski definition) is 1. The van der Waals surface area contributed by atoms with Crippen molar-refractivity contribution in [2.24, 2.45) is 0 Å². The predicted molar refractivity (Wildman–Crippen MR) is 103 cm³/mol. The molecule has 9 heteroatoms. The summed E-state index contributed by atoms with van der Waals surface area (Å²) in [6, 6.07) is 10.9. The Kier molecular flexibility index (Phi) is 5.89. The number of amides is 1. The molecule has 0 bridgehead atoms. The molecule has 3 nitrogen and oxygen atoms in total. The van der Waals surface area contributed by atoms with Gasteiger partial charge in [-0.05, 0) is 49.7 Å². The van der Waals surface area contributed by atoms with E-state index < -0.39 is 29.4 Å². The van der Waals surface area contributed by atoms with Crippen LogP contribution in [0.15, 0.2) is 54.6 Å². The van der Waals surface area contributed by atoms with Crippen LogP contribution in [-0.2, 0) is 18.9 Å². The topological polar surface area (TPSA) is 34.0 Å². The fourth-order valence-electron chi connectivity index (χ4n) is 3.36. The third-order valence-corrected chi connectivity index (χ3v) is 4.86. The highest BCUT2D eigenvalue weighted by molar-refractivity contribution is 5.95. The number of nitrogens with one attached hydrogen (secondary N) is 1. The number of rotatable bonds is 4. The number of nitrogens with zero attached hydrogens (tertiary/aromatic N) is 1. The lowest BCUT2D eigenvalue weighted by Crippen LogP contribution is -2.23. The lowest BCUT2D eigenvalue weighted by atomic mass is 10.1.